The summed E-state index contributed by atoms with van der Waals surface area (Å²) in [7, 11) is 0. The van der Waals surface area contributed by atoms with Crippen molar-refractivity contribution in [3.8, 4) is 0 Å². The van der Waals surface area contributed by atoms with E-state index in [1.807, 2.05) is 12.1 Å². The molecule has 1 saturated heterocycles. The Bertz CT molecular complexity index is 452. The minimum absolute atomic E-state index is 0. The van der Waals surface area contributed by atoms with Gasteiger partial charge in [0.05, 0.1) is 17.6 Å². The fraction of sp³-hybridized carbons (Fsp3) is 0.643. The molecule has 1 aromatic rings. The fourth-order valence-electron chi connectivity index (χ4n) is 2.17. The van der Waals surface area contributed by atoms with Crippen molar-refractivity contribution in [3.05, 3.63) is 21.3 Å². The van der Waals surface area contributed by atoms with E-state index in [0.717, 1.165) is 63.1 Å². The number of guanidine groups is 1. The predicted molar refractivity (Wildman–Crippen MR) is 105 cm³/mol. The highest BCUT2D eigenvalue weighted by atomic mass is 127. The monoisotopic (exact) mass is 458 g/mol. The molecule has 0 aromatic carbocycles. The lowest BCUT2D eigenvalue weighted by atomic mass is 10.3. The molecule has 0 amide bonds. The third-order valence-corrected chi connectivity index (χ3v) is 4.62. The molecule has 0 spiro atoms. The summed E-state index contributed by atoms with van der Waals surface area (Å²) in [6, 6.07) is 3.97. The molecular weight excluding hydrogens is 435 g/mol. The van der Waals surface area contributed by atoms with Gasteiger partial charge in [-0.3, -0.25) is 9.89 Å². The van der Waals surface area contributed by atoms with E-state index < -0.39 is 0 Å². The number of nitrogens with zero attached hydrogens (tertiary/aromatic N) is 2. The number of thiophene rings is 1. The fourth-order valence-corrected chi connectivity index (χ4v) is 3.26. The van der Waals surface area contributed by atoms with Crippen LogP contribution in [0.15, 0.2) is 17.1 Å². The zero-order chi connectivity index (χ0) is 14.9. The van der Waals surface area contributed by atoms with Gasteiger partial charge in [0.25, 0.3) is 0 Å². The highest BCUT2D eigenvalue weighted by Gasteiger charge is 2.08. The Labute approximate surface area is 158 Å². The van der Waals surface area contributed by atoms with Crippen LogP contribution in [-0.4, -0.2) is 56.8 Å². The summed E-state index contributed by atoms with van der Waals surface area (Å²) in [5.41, 5.74) is 5.84. The Kier molecular flexibility index (Phi) is 10.4. The zero-order valence-electron chi connectivity index (χ0n) is 12.6. The molecule has 5 nitrogen and oxygen atoms in total. The summed E-state index contributed by atoms with van der Waals surface area (Å²) < 4.78 is 6.15. The minimum atomic E-state index is 0. The van der Waals surface area contributed by atoms with Gasteiger partial charge in [0.1, 0.15) is 0 Å². The number of aliphatic imine (C=N–C) groups is 1. The largest absolute Gasteiger partial charge is 0.379 e. The SMILES string of the molecule is I.NC(=NCCCN1CCOCC1)NCCc1ccc(Cl)s1. The standard InChI is InChI=1S/C14H23ClN4OS.HI/c15-13-3-2-12(21-13)4-6-18-14(16)17-5-1-7-19-8-10-20-11-9-19;/h2-3H,1,4-11H2,(H3,16,17,18);1H. The molecule has 1 aliphatic rings. The molecule has 1 aliphatic heterocycles. The molecule has 0 unspecified atom stereocenters. The normalized spacial score (nSPS) is 16.3. The van der Waals surface area contributed by atoms with Crippen LogP contribution in [0.5, 0.6) is 0 Å². The third-order valence-electron chi connectivity index (χ3n) is 3.32. The van der Waals surface area contributed by atoms with E-state index in [0.29, 0.717) is 5.96 Å². The summed E-state index contributed by atoms with van der Waals surface area (Å²) in [5.74, 6) is 0.527. The maximum absolute atomic E-state index is 5.89. The Balaban J connectivity index is 0.00000242. The predicted octanol–water partition coefficient (Wildman–Crippen LogP) is 2.19. The van der Waals surface area contributed by atoms with Gasteiger partial charge >= 0.3 is 0 Å². The van der Waals surface area contributed by atoms with E-state index in [9.17, 15) is 0 Å². The molecule has 1 fully saturated rings. The maximum atomic E-state index is 5.89. The topological polar surface area (TPSA) is 62.9 Å². The van der Waals surface area contributed by atoms with Crippen LogP contribution in [0.4, 0.5) is 0 Å². The van der Waals surface area contributed by atoms with Crippen LogP contribution < -0.4 is 11.1 Å². The Morgan fingerprint density at radius 1 is 1.41 bits per heavy atom. The van der Waals surface area contributed by atoms with E-state index in [-0.39, 0.29) is 24.0 Å². The van der Waals surface area contributed by atoms with Crippen molar-refractivity contribution in [2.75, 3.05) is 45.9 Å². The average Bonchev–Trinajstić information content (AvgIpc) is 2.90. The van der Waals surface area contributed by atoms with Gasteiger partial charge in [-0.25, -0.2) is 0 Å². The Morgan fingerprint density at radius 2 is 2.18 bits per heavy atom. The number of rotatable bonds is 7. The number of halogens is 2. The van der Waals surface area contributed by atoms with Crippen molar-refractivity contribution in [2.45, 2.75) is 12.8 Å². The number of ether oxygens (including phenoxy) is 1. The van der Waals surface area contributed by atoms with Gasteiger partial charge in [0.15, 0.2) is 5.96 Å². The average molecular weight is 459 g/mol. The first-order chi connectivity index (χ1) is 10.2. The molecule has 3 N–H and O–H groups in total. The molecule has 22 heavy (non-hydrogen) atoms. The van der Waals surface area contributed by atoms with Crippen molar-refractivity contribution in [1.82, 2.24) is 10.2 Å². The molecule has 1 aromatic heterocycles. The first kappa shape index (κ1) is 20.0. The van der Waals surface area contributed by atoms with Crippen LogP contribution in [0.2, 0.25) is 4.34 Å². The quantitative estimate of drug-likeness (QED) is 0.285. The lowest BCUT2D eigenvalue weighted by Gasteiger charge is -2.26. The van der Waals surface area contributed by atoms with Crippen molar-refractivity contribution in [1.29, 1.82) is 0 Å². The van der Waals surface area contributed by atoms with Crippen LogP contribution in [0.1, 0.15) is 11.3 Å². The molecule has 8 heteroatoms. The minimum Gasteiger partial charge on any atom is -0.379 e. The number of hydrogen-bond donors (Lipinski definition) is 2. The Morgan fingerprint density at radius 3 is 2.86 bits per heavy atom. The molecule has 0 atom stereocenters. The van der Waals surface area contributed by atoms with E-state index in [1.165, 1.54) is 4.88 Å². The first-order valence-corrected chi connectivity index (χ1v) is 8.51. The highest BCUT2D eigenvalue weighted by molar-refractivity contribution is 14.0. The highest BCUT2D eigenvalue weighted by Crippen LogP contribution is 2.21. The second-order valence-corrected chi connectivity index (χ2v) is 6.76. The van der Waals surface area contributed by atoms with Crippen LogP contribution >= 0.6 is 46.9 Å². The van der Waals surface area contributed by atoms with Gasteiger partial charge in [0, 0.05) is 37.6 Å². The van der Waals surface area contributed by atoms with Crippen molar-refractivity contribution in [2.24, 2.45) is 10.7 Å². The second-order valence-electron chi connectivity index (χ2n) is 4.96. The zero-order valence-corrected chi connectivity index (χ0v) is 16.5. The molecule has 0 saturated carbocycles. The first-order valence-electron chi connectivity index (χ1n) is 7.32. The van der Waals surface area contributed by atoms with Gasteiger partial charge < -0.3 is 15.8 Å². The van der Waals surface area contributed by atoms with E-state index in [1.54, 1.807) is 11.3 Å². The number of hydrogen-bond acceptors (Lipinski definition) is 4. The molecule has 126 valence electrons. The third kappa shape index (κ3) is 7.96. The van der Waals surface area contributed by atoms with E-state index in [4.69, 9.17) is 22.1 Å². The number of nitrogens with one attached hydrogen (secondary N) is 1. The molecule has 2 heterocycles. The second kappa shape index (κ2) is 11.4. The van der Waals surface area contributed by atoms with Crippen molar-refractivity contribution < 1.29 is 4.74 Å². The number of morpholine rings is 1. The lowest BCUT2D eigenvalue weighted by Crippen LogP contribution is -2.37. The lowest BCUT2D eigenvalue weighted by molar-refractivity contribution is 0.0377. The summed E-state index contributed by atoms with van der Waals surface area (Å²) in [5, 5.41) is 3.14. The smallest absolute Gasteiger partial charge is 0.188 e. The van der Waals surface area contributed by atoms with E-state index in [2.05, 4.69) is 15.2 Å². The summed E-state index contributed by atoms with van der Waals surface area (Å²) in [6.45, 7) is 6.37. The van der Waals surface area contributed by atoms with Gasteiger partial charge in [-0.1, -0.05) is 11.6 Å². The summed E-state index contributed by atoms with van der Waals surface area (Å²) in [6.07, 6.45) is 1.95. The Hall–Kier alpha value is -0.0900. The molecule has 0 radical (unpaired) electrons. The summed E-state index contributed by atoms with van der Waals surface area (Å²) >= 11 is 7.49. The summed E-state index contributed by atoms with van der Waals surface area (Å²) in [4.78, 5) is 8.01. The van der Waals surface area contributed by atoms with Crippen LogP contribution in [0.25, 0.3) is 0 Å². The molecule has 0 bridgehead atoms. The van der Waals surface area contributed by atoms with Crippen LogP contribution in [-0.2, 0) is 11.2 Å². The molecule has 0 aliphatic carbocycles. The molecular formula is C14H24ClIN4OS. The van der Waals surface area contributed by atoms with Gasteiger partial charge in [0.2, 0.25) is 0 Å². The van der Waals surface area contributed by atoms with Crippen molar-refractivity contribution >= 4 is 52.9 Å². The maximum Gasteiger partial charge on any atom is 0.188 e. The van der Waals surface area contributed by atoms with Crippen molar-refractivity contribution in [3.63, 3.8) is 0 Å². The molecule has 2 rings (SSSR count). The van der Waals surface area contributed by atoms with Gasteiger partial charge in [-0.15, -0.1) is 35.3 Å². The van der Waals surface area contributed by atoms with Crippen LogP contribution in [0, 0.1) is 0 Å². The van der Waals surface area contributed by atoms with E-state index >= 15 is 0 Å². The van der Waals surface area contributed by atoms with Gasteiger partial charge in [-0.05, 0) is 25.0 Å². The van der Waals surface area contributed by atoms with Crippen LogP contribution in [0.3, 0.4) is 0 Å². The van der Waals surface area contributed by atoms with Gasteiger partial charge in [-0.2, -0.15) is 0 Å². The number of nitrogens with two attached hydrogens (primary N) is 1.